The highest BCUT2D eigenvalue weighted by atomic mass is 127. The van der Waals surface area contributed by atoms with Crippen LogP contribution in [0.1, 0.15) is 21.7 Å². The van der Waals surface area contributed by atoms with Gasteiger partial charge in [0.1, 0.15) is 5.69 Å². The van der Waals surface area contributed by atoms with E-state index in [-0.39, 0.29) is 22.6 Å². The molecule has 0 saturated heterocycles. The van der Waals surface area contributed by atoms with Gasteiger partial charge >= 0.3 is 5.97 Å². The van der Waals surface area contributed by atoms with Crippen LogP contribution in [0.15, 0.2) is 42.5 Å². The summed E-state index contributed by atoms with van der Waals surface area (Å²) in [6.07, 6.45) is 0. The number of carboxylic acid groups (broad SMARTS) is 1. The highest BCUT2D eigenvalue weighted by molar-refractivity contribution is 14.1. The van der Waals surface area contributed by atoms with Gasteiger partial charge in [-0.05, 0) is 72.8 Å². The van der Waals surface area contributed by atoms with Crippen molar-refractivity contribution < 1.29 is 14.8 Å². The normalized spacial score (nSPS) is 10.6. The van der Waals surface area contributed by atoms with Crippen LogP contribution >= 0.6 is 22.6 Å². The van der Waals surface area contributed by atoms with Crippen molar-refractivity contribution in [1.29, 1.82) is 0 Å². The molecule has 9 heteroatoms. The number of carboxylic acids is 1. The molecule has 0 saturated carbocycles. The number of nitro groups is 1. The first-order valence-corrected chi connectivity index (χ1v) is 8.96. The van der Waals surface area contributed by atoms with Crippen molar-refractivity contribution in [3.8, 4) is 5.69 Å². The van der Waals surface area contributed by atoms with Crippen LogP contribution in [0, 0.1) is 27.5 Å². The second-order valence-corrected chi connectivity index (χ2v) is 7.17. The van der Waals surface area contributed by atoms with Gasteiger partial charge in [-0.2, -0.15) is 5.10 Å². The number of aryl methyl sites for hydroxylation is 2. The minimum Gasteiger partial charge on any atom is -0.478 e. The lowest BCUT2D eigenvalue weighted by atomic mass is 10.1. The average molecular weight is 478 g/mol. The Morgan fingerprint density at radius 2 is 1.89 bits per heavy atom. The van der Waals surface area contributed by atoms with Gasteiger partial charge in [0.25, 0.3) is 5.69 Å². The van der Waals surface area contributed by atoms with Crippen LogP contribution in [0.4, 0.5) is 17.1 Å². The van der Waals surface area contributed by atoms with Gasteiger partial charge in [0.2, 0.25) is 0 Å². The van der Waals surface area contributed by atoms with Crippen molar-refractivity contribution in [3.63, 3.8) is 0 Å². The van der Waals surface area contributed by atoms with Crippen LogP contribution in [0.2, 0.25) is 0 Å². The summed E-state index contributed by atoms with van der Waals surface area (Å²) in [5, 5.41) is 28.5. The molecule has 3 rings (SSSR count). The third-order valence-electron chi connectivity index (χ3n) is 3.90. The summed E-state index contributed by atoms with van der Waals surface area (Å²) in [4.78, 5) is 22.9. The van der Waals surface area contributed by atoms with E-state index in [1.54, 1.807) is 32.0 Å². The molecule has 2 aromatic carbocycles. The first kappa shape index (κ1) is 18.8. The Balaban J connectivity index is 2.18. The number of nitro benzene ring substituents is 1. The Morgan fingerprint density at radius 3 is 2.41 bits per heavy atom. The van der Waals surface area contributed by atoms with Gasteiger partial charge in [0.05, 0.1) is 21.9 Å². The molecule has 0 aliphatic rings. The number of halogens is 1. The van der Waals surface area contributed by atoms with Gasteiger partial charge in [-0.1, -0.05) is 0 Å². The molecule has 0 spiro atoms. The van der Waals surface area contributed by atoms with Crippen molar-refractivity contribution >= 4 is 45.6 Å². The SMILES string of the molecule is Cc1cc(C)n(-c2cc(C(=O)O)c(Nc3ccc(I)cc3)cc2[N+](=O)[O-])n1. The smallest absolute Gasteiger partial charge is 0.337 e. The first-order valence-electron chi connectivity index (χ1n) is 7.88. The summed E-state index contributed by atoms with van der Waals surface area (Å²) >= 11 is 2.15. The van der Waals surface area contributed by atoms with E-state index in [1.165, 1.54) is 16.8 Å². The molecule has 2 N–H and O–H groups in total. The fourth-order valence-corrected chi connectivity index (χ4v) is 3.09. The highest BCUT2D eigenvalue weighted by Crippen LogP contribution is 2.32. The lowest BCUT2D eigenvalue weighted by Gasteiger charge is -2.13. The van der Waals surface area contributed by atoms with E-state index in [0.717, 1.165) is 3.57 Å². The molecule has 0 bridgehead atoms. The summed E-state index contributed by atoms with van der Waals surface area (Å²) < 4.78 is 2.40. The van der Waals surface area contributed by atoms with Crippen LogP contribution in [0.25, 0.3) is 5.69 Å². The van der Waals surface area contributed by atoms with Crippen molar-refractivity contribution in [1.82, 2.24) is 9.78 Å². The number of rotatable bonds is 5. The maximum atomic E-state index is 11.8. The number of hydrogen-bond donors (Lipinski definition) is 2. The largest absolute Gasteiger partial charge is 0.478 e. The zero-order valence-electron chi connectivity index (χ0n) is 14.4. The monoisotopic (exact) mass is 478 g/mol. The van der Waals surface area contributed by atoms with Crippen LogP contribution < -0.4 is 5.32 Å². The van der Waals surface area contributed by atoms with Gasteiger partial charge in [-0.3, -0.25) is 10.1 Å². The highest BCUT2D eigenvalue weighted by Gasteiger charge is 2.24. The molecule has 138 valence electrons. The van der Waals surface area contributed by atoms with Crippen LogP contribution in [-0.2, 0) is 0 Å². The fourth-order valence-electron chi connectivity index (χ4n) is 2.73. The van der Waals surface area contributed by atoms with Gasteiger partial charge in [-0.15, -0.1) is 0 Å². The summed E-state index contributed by atoms with van der Waals surface area (Å²) in [7, 11) is 0. The molecule has 0 unspecified atom stereocenters. The number of aromatic nitrogens is 2. The fraction of sp³-hybridized carbons (Fsp3) is 0.111. The zero-order valence-corrected chi connectivity index (χ0v) is 16.6. The number of benzene rings is 2. The minimum atomic E-state index is -1.19. The van der Waals surface area contributed by atoms with E-state index in [0.29, 0.717) is 17.1 Å². The number of nitrogens with one attached hydrogen (secondary N) is 1. The van der Waals surface area contributed by atoms with Gasteiger partial charge in [0, 0.05) is 21.0 Å². The molecule has 0 aliphatic heterocycles. The number of carbonyl (C=O) groups is 1. The van der Waals surface area contributed by atoms with E-state index in [2.05, 4.69) is 33.0 Å². The molecule has 0 atom stereocenters. The molecular formula is C18H15IN4O4. The van der Waals surface area contributed by atoms with E-state index < -0.39 is 10.9 Å². The van der Waals surface area contributed by atoms with Crippen molar-refractivity contribution in [3.05, 3.63) is 73.1 Å². The third kappa shape index (κ3) is 3.92. The minimum absolute atomic E-state index is 0.0818. The molecule has 8 nitrogen and oxygen atoms in total. The molecule has 1 aromatic heterocycles. The third-order valence-corrected chi connectivity index (χ3v) is 4.62. The van der Waals surface area contributed by atoms with E-state index in [9.17, 15) is 20.0 Å². The molecule has 3 aromatic rings. The summed E-state index contributed by atoms with van der Waals surface area (Å²) in [5.41, 5.74) is 1.91. The molecule has 0 fully saturated rings. The molecule has 27 heavy (non-hydrogen) atoms. The van der Waals surface area contributed by atoms with Gasteiger partial charge < -0.3 is 10.4 Å². The molecule has 0 amide bonds. The van der Waals surface area contributed by atoms with E-state index >= 15 is 0 Å². The maximum Gasteiger partial charge on any atom is 0.337 e. The first-order chi connectivity index (χ1) is 12.8. The second-order valence-electron chi connectivity index (χ2n) is 5.92. The van der Waals surface area contributed by atoms with Crippen molar-refractivity contribution in [2.45, 2.75) is 13.8 Å². The number of hydrogen-bond acceptors (Lipinski definition) is 5. The van der Waals surface area contributed by atoms with Crippen molar-refractivity contribution in [2.24, 2.45) is 0 Å². The molecular weight excluding hydrogens is 463 g/mol. The number of nitrogens with zero attached hydrogens (tertiary/aromatic N) is 3. The predicted octanol–water partition coefficient (Wildman–Crippen LogP) is 4.44. The molecule has 0 radical (unpaired) electrons. The Bertz CT molecular complexity index is 1040. The zero-order chi connectivity index (χ0) is 19.7. The Hall–Kier alpha value is -2.95. The van der Waals surface area contributed by atoms with Crippen LogP contribution in [0.3, 0.4) is 0 Å². The molecule has 1 heterocycles. The Morgan fingerprint density at radius 1 is 1.22 bits per heavy atom. The lowest BCUT2D eigenvalue weighted by molar-refractivity contribution is -0.384. The Kier molecular flexibility index (Phi) is 5.13. The standard InChI is InChI=1S/C18H15IN4O4/c1-10-7-11(2)22(21-10)16-8-14(18(24)25)15(9-17(16)23(26)27)20-13-5-3-12(19)4-6-13/h3-9,20H,1-2H3,(H,24,25). The maximum absolute atomic E-state index is 11.8. The number of anilines is 2. The Labute approximate surface area is 168 Å². The number of aromatic carboxylic acids is 1. The van der Waals surface area contributed by atoms with E-state index in [4.69, 9.17) is 0 Å². The average Bonchev–Trinajstić information content (AvgIpc) is 2.94. The predicted molar refractivity (Wildman–Crippen MR) is 109 cm³/mol. The summed E-state index contributed by atoms with van der Waals surface area (Å²) in [6.45, 7) is 3.52. The summed E-state index contributed by atoms with van der Waals surface area (Å²) in [6, 6.07) is 11.5. The quantitative estimate of drug-likeness (QED) is 0.319. The van der Waals surface area contributed by atoms with Crippen molar-refractivity contribution in [2.75, 3.05) is 5.32 Å². The topological polar surface area (TPSA) is 110 Å². The second kappa shape index (κ2) is 7.35. The van der Waals surface area contributed by atoms with Crippen LogP contribution in [0.5, 0.6) is 0 Å². The molecule has 0 aliphatic carbocycles. The summed E-state index contributed by atoms with van der Waals surface area (Å²) in [5.74, 6) is -1.19. The van der Waals surface area contributed by atoms with Gasteiger partial charge in [-0.25, -0.2) is 9.48 Å². The van der Waals surface area contributed by atoms with Gasteiger partial charge in [0.15, 0.2) is 0 Å². The lowest BCUT2D eigenvalue weighted by Crippen LogP contribution is -2.09. The van der Waals surface area contributed by atoms with Crippen LogP contribution in [-0.4, -0.2) is 25.8 Å². The van der Waals surface area contributed by atoms with E-state index in [1.807, 2.05) is 12.1 Å².